The number of primary amides is 1. The van der Waals surface area contributed by atoms with Gasteiger partial charge in [-0.2, -0.15) is 0 Å². The highest BCUT2D eigenvalue weighted by molar-refractivity contribution is 5.79. The van der Waals surface area contributed by atoms with E-state index in [0.717, 1.165) is 0 Å². The standard InChI is InChI=1S/C10H13NO4/c11-10(15)9(14)8(13)7-3-1-6(5-12)2-4-7/h1-4,8-9,12-14H,5H2,(H2,11,15). The summed E-state index contributed by atoms with van der Waals surface area (Å²) in [5, 5.41) is 27.5. The number of rotatable bonds is 4. The molecule has 0 aliphatic carbocycles. The van der Waals surface area contributed by atoms with E-state index in [9.17, 15) is 15.0 Å². The zero-order valence-corrected chi connectivity index (χ0v) is 8.00. The molecule has 0 saturated carbocycles. The minimum Gasteiger partial charge on any atom is -0.392 e. The molecule has 0 heterocycles. The van der Waals surface area contributed by atoms with Gasteiger partial charge >= 0.3 is 0 Å². The first-order chi connectivity index (χ1) is 7.06. The van der Waals surface area contributed by atoms with Gasteiger partial charge in [-0.3, -0.25) is 4.79 Å². The molecule has 2 unspecified atom stereocenters. The van der Waals surface area contributed by atoms with E-state index in [2.05, 4.69) is 0 Å². The predicted octanol–water partition coefficient (Wildman–Crippen LogP) is -0.942. The van der Waals surface area contributed by atoms with E-state index in [0.29, 0.717) is 11.1 Å². The van der Waals surface area contributed by atoms with Crippen molar-refractivity contribution in [1.82, 2.24) is 0 Å². The van der Waals surface area contributed by atoms with E-state index in [1.54, 1.807) is 12.1 Å². The van der Waals surface area contributed by atoms with Crippen LogP contribution in [0.4, 0.5) is 0 Å². The third-order valence-corrected chi connectivity index (χ3v) is 2.09. The van der Waals surface area contributed by atoms with E-state index in [1.165, 1.54) is 12.1 Å². The fourth-order valence-electron chi connectivity index (χ4n) is 1.16. The first-order valence-electron chi connectivity index (χ1n) is 4.41. The van der Waals surface area contributed by atoms with E-state index in [4.69, 9.17) is 10.8 Å². The summed E-state index contributed by atoms with van der Waals surface area (Å²) in [4.78, 5) is 10.6. The van der Waals surface area contributed by atoms with Crippen molar-refractivity contribution in [1.29, 1.82) is 0 Å². The van der Waals surface area contributed by atoms with Crippen LogP contribution in [-0.4, -0.2) is 27.3 Å². The molecule has 0 aliphatic heterocycles. The van der Waals surface area contributed by atoms with Crippen LogP contribution in [-0.2, 0) is 11.4 Å². The molecule has 5 heteroatoms. The largest absolute Gasteiger partial charge is 0.392 e. The Morgan fingerprint density at radius 3 is 2.20 bits per heavy atom. The van der Waals surface area contributed by atoms with E-state index < -0.39 is 18.1 Å². The lowest BCUT2D eigenvalue weighted by Crippen LogP contribution is -2.33. The van der Waals surface area contributed by atoms with E-state index in [1.807, 2.05) is 0 Å². The van der Waals surface area contributed by atoms with Crippen LogP contribution in [0.25, 0.3) is 0 Å². The topological polar surface area (TPSA) is 104 Å². The van der Waals surface area contributed by atoms with Crippen LogP contribution in [0, 0.1) is 0 Å². The second-order valence-electron chi connectivity index (χ2n) is 3.19. The minimum absolute atomic E-state index is 0.102. The molecule has 0 fully saturated rings. The average Bonchev–Trinajstić information content (AvgIpc) is 2.27. The molecule has 5 N–H and O–H groups in total. The number of hydrogen-bond donors (Lipinski definition) is 4. The number of nitrogens with two attached hydrogens (primary N) is 1. The highest BCUT2D eigenvalue weighted by Crippen LogP contribution is 2.17. The van der Waals surface area contributed by atoms with Gasteiger partial charge in [0, 0.05) is 0 Å². The lowest BCUT2D eigenvalue weighted by molar-refractivity contribution is -0.131. The summed E-state index contributed by atoms with van der Waals surface area (Å²) in [7, 11) is 0. The highest BCUT2D eigenvalue weighted by atomic mass is 16.3. The van der Waals surface area contributed by atoms with Gasteiger partial charge in [0.25, 0.3) is 0 Å². The summed E-state index contributed by atoms with van der Waals surface area (Å²) in [5.74, 6) is -0.978. The summed E-state index contributed by atoms with van der Waals surface area (Å²) in [6.07, 6.45) is -2.96. The summed E-state index contributed by atoms with van der Waals surface area (Å²) in [6.45, 7) is -0.102. The normalized spacial score (nSPS) is 14.6. The van der Waals surface area contributed by atoms with E-state index in [-0.39, 0.29) is 6.61 Å². The van der Waals surface area contributed by atoms with Gasteiger partial charge in [-0.05, 0) is 11.1 Å². The van der Waals surface area contributed by atoms with Crippen molar-refractivity contribution in [3.63, 3.8) is 0 Å². The van der Waals surface area contributed by atoms with Crippen molar-refractivity contribution < 1.29 is 20.1 Å². The number of aliphatic hydroxyl groups excluding tert-OH is 3. The first-order valence-corrected chi connectivity index (χ1v) is 4.41. The van der Waals surface area contributed by atoms with Crippen LogP contribution < -0.4 is 5.73 Å². The molecule has 0 spiro atoms. The van der Waals surface area contributed by atoms with Gasteiger partial charge in [-0.25, -0.2) is 0 Å². The van der Waals surface area contributed by atoms with E-state index >= 15 is 0 Å². The van der Waals surface area contributed by atoms with Crippen LogP contribution in [0.1, 0.15) is 17.2 Å². The minimum atomic E-state index is -1.62. The monoisotopic (exact) mass is 211 g/mol. The zero-order valence-electron chi connectivity index (χ0n) is 8.00. The second kappa shape index (κ2) is 4.88. The van der Waals surface area contributed by atoms with Gasteiger partial charge in [0.1, 0.15) is 6.10 Å². The van der Waals surface area contributed by atoms with Crippen molar-refractivity contribution in [2.24, 2.45) is 5.73 Å². The Labute approximate surface area is 86.8 Å². The Balaban J connectivity index is 2.82. The molecule has 1 amide bonds. The average molecular weight is 211 g/mol. The van der Waals surface area contributed by atoms with Crippen molar-refractivity contribution in [3.05, 3.63) is 35.4 Å². The zero-order chi connectivity index (χ0) is 11.4. The van der Waals surface area contributed by atoms with Crippen LogP contribution in [0.5, 0.6) is 0 Å². The molecule has 0 aliphatic rings. The third-order valence-electron chi connectivity index (χ3n) is 2.09. The smallest absolute Gasteiger partial charge is 0.249 e. The molecule has 2 atom stereocenters. The van der Waals surface area contributed by atoms with Gasteiger partial charge < -0.3 is 21.1 Å². The Hall–Kier alpha value is -1.43. The van der Waals surface area contributed by atoms with Gasteiger partial charge in [0.2, 0.25) is 5.91 Å². The van der Waals surface area contributed by atoms with Crippen molar-refractivity contribution in [2.75, 3.05) is 0 Å². The van der Waals surface area contributed by atoms with Gasteiger partial charge in [0.15, 0.2) is 6.10 Å². The van der Waals surface area contributed by atoms with Crippen LogP contribution in [0.15, 0.2) is 24.3 Å². The third kappa shape index (κ3) is 2.76. The maximum Gasteiger partial charge on any atom is 0.249 e. The summed E-state index contributed by atoms with van der Waals surface area (Å²) in [6, 6.07) is 6.21. The summed E-state index contributed by atoms with van der Waals surface area (Å²) >= 11 is 0. The number of hydrogen-bond acceptors (Lipinski definition) is 4. The lowest BCUT2D eigenvalue weighted by Gasteiger charge is -2.15. The molecule has 0 saturated heterocycles. The Kier molecular flexibility index (Phi) is 3.79. The molecular weight excluding hydrogens is 198 g/mol. The molecule has 1 aromatic rings. The highest BCUT2D eigenvalue weighted by Gasteiger charge is 2.22. The van der Waals surface area contributed by atoms with Crippen molar-refractivity contribution >= 4 is 5.91 Å². The molecule has 1 aromatic carbocycles. The van der Waals surface area contributed by atoms with Gasteiger partial charge in [0.05, 0.1) is 6.61 Å². The number of benzene rings is 1. The molecular formula is C10H13NO4. The summed E-state index contributed by atoms with van der Waals surface area (Å²) in [5.41, 5.74) is 5.90. The maximum atomic E-state index is 10.6. The quantitative estimate of drug-likeness (QED) is 0.516. The van der Waals surface area contributed by atoms with Gasteiger partial charge in [-0.15, -0.1) is 0 Å². The molecule has 5 nitrogen and oxygen atoms in total. The second-order valence-corrected chi connectivity index (χ2v) is 3.19. The summed E-state index contributed by atoms with van der Waals surface area (Å²) < 4.78 is 0. The first kappa shape index (κ1) is 11.6. The van der Waals surface area contributed by atoms with Crippen LogP contribution in [0.2, 0.25) is 0 Å². The fourth-order valence-corrected chi connectivity index (χ4v) is 1.16. The Morgan fingerprint density at radius 2 is 1.80 bits per heavy atom. The lowest BCUT2D eigenvalue weighted by atomic mass is 10.0. The SMILES string of the molecule is NC(=O)C(O)C(O)c1ccc(CO)cc1. The molecule has 0 aromatic heterocycles. The molecule has 0 bridgehead atoms. The van der Waals surface area contributed by atoms with Gasteiger partial charge in [-0.1, -0.05) is 24.3 Å². The molecule has 82 valence electrons. The Morgan fingerprint density at radius 1 is 1.27 bits per heavy atom. The van der Waals surface area contributed by atoms with Crippen molar-refractivity contribution in [2.45, 2.75) is 18.8 Å². The van der Waals surface area contributed by atoms with Crippen molar-refractivity contribution in [3.8, 4) is 0 Å². The maximum absolute atomic E-state index is 10.6. The number of amides is 1. The number of carbonyl (C=O) groups is 1. The number of carbonyl (C=O) groups excluding carboxylic acids is 1. The molecule has 0 radical (unpaired) electrons. The Bertz CT molecular complexity index is 336. The van der Waals surface area contributed by atoms with Crippen LogP contribution in [0.3, 0.4) is 0 Å². The van der Waals surface area contributed by atoms with Crippen LogP contribution >= 0.6 is 0 Å². The molecule has 1 rings (SSSR count). The predicted molar refractivity (Wildman–Crippen MR) is 52.5 cm³/mol. The molecule has 15 heavy (non-hydrogen) atoms. The number of aliphatic hydroxyl groups is 3. The fraction of sp³-hybridized carbons (Fsp3) is 0.300.